The summed E-state index contributed by atoms with van der Waals surface area (Å²) in [6.45, 7) is 0. The third-order valence-corrected chi connectivity index (χ3v) is 2.05. The van der Waals surface area contributed by atoms with E-state index >= 15 is 0 Å². The van der Waals surface area contributed by atoms with E-state index in [1.807, 2.05) is 36.4 Å². The largest absolute Gasteiger partial charge is 0.269 e. The van der Waals surface area contributed by atoms with E-state index in [4.69, 9.17) is 7.85 Å². The van der Waals surface area contributed by atoms with Crippen LogP contribution in [0, 0.1) is 0 Å². The number of rotatable bonds is 1. The summed E-state index contributed by atoms with van der Waals surface area (Å²) in [5, 5.41) is -0.690. The average molecular weight is 180 g/mol. The van der Waals surface area contributed by atoms with Crippen molar-refractivity contribution < 1.29 is 0 Å². The Balaban J connectivity index is 2.42. The van der Waals surface area contributed by atoms with Crippen LogP contribution in [0.3, 0.4) is 0 Å². The van der Waals surface area contributed by atoms with Crippen molar-refractivity contribution in [2.75, 3.05) is 0 Å². The number of pyridine rings is 1. The molecule has 1 aromatic rings. The number of hydrogen-bond acceptors (Lipinski definition) is 2. The summed E-state index contributed by atoms with van der Waals surface area (Å²) in [7, 11) is 6.14. The van der Waals surface area contributed by atoms with Gasteiger partial charge in [0.1, 0.15) is 0 Å². The van der Waals surface area contributed by atoms with Crippen molar-refractivity contribution in [1.29, 1.82) is 0 Å². The summed E-state index contributed by atoms with van der Waals surface area (Å²) in [5.41, 5.74) is 0.795. The van der Waals surface area contributed by atoms with Crippen LogP contribution in [0.25, 0.3) is 0 Å². The lowest BCUT2D eigenvalue weighted by atomic mass is 9.67. The zero-order valence-corrected chi connectivity index (χ0v) is 7.67. The van der Waals surface area contributed by atoms with Crippen molar-refractivity contribution in [1.82, 2.24) is 4.98 Å². The molecule has 2 heterocycles. The molecule has 2 radical (unpaired) electrons. The van der Waals surface area contributed by atoms with Gasteiger partial charge in [-0.2, -0.15) is 0 Å². The molecule has 0 aromatic carbocycles. The van der Waals surface area contributed by atoms with Gasteiger partial charge in [-0.3, -0.25) is 9.98 Å². The molecule has 1 atom stereocenters. The Morgan fingerprint density at radius 2 is 2.14 bits per heavy atom. The summed E-state index contributed by atoms with van der Waals surface area (Å²) in [5.74, 6) is 0. The van der Waals surface area contributed by atoms with Crippen LogP contribution >= 0.6 is 0 Å². The van der Waals surface area contributed by atoms with Crippen molar-refractivity contribution in [3.63, 3.8) is 0 Å². The van der Waals surface area contributed by atoms with E-state index in [9.17, 15) is 0 Å². The van der Waals surface area contributed by atoms with Gasteiger partial charge in [0, 0.05) is 29.6 Å². The van der Waals surface area contributed by atoms with E-state index in [-0.39, 0.29) is 0 Å². The fourth-order valence-electron chi connectivity index (χ4n) is 1.29. The van der Waals surface area contributed by atoms with Gasteiger partial charge in [-0.15, -0.1) is 0 Å². The van der Waals surface area contributed by atoms with Crippen LogP contribution in [-0.4, -0.2) is 19.0 Å². The first-order chi connectivity index (χ1) is 6.81. The van der Waals surface area contributed by atoms with Crippen LogP contribution in [0.4, 0.5) is 0 Å². The van der Waals surface area contributed by atoms with Crippen molar-refractivity contribution in [3.8, 4) is 0 Å². The molecule has 1 aliphatic heterocycles. The molecule has 0 fully saturated rings. The van der Waals surface area contributed by atoms with Crippen LogP contribution in [-0.2, 0) is 5.31 Å². The Kier molecular flexibility index (Phi) is 2.31. The fourth-order valence-corrected chi connectivity index (χ4v) is 1.29. The lowest BCUT2D eigenvalue weighted by molar-refractivity contribution is 0.970. The van der Waals surface area contributed by atoms with Crippen molar-refractivity contribution in [2.45, 2.75) is 5.31 Å². The number of hydrogen-bond donors (Lipinski definition) is 0. The second-order valence-corrected chi connectivity index (χ2v) is 3.13. The van der Waals surface area contributed by atoms with Gasteiger partial charge < -0.3 is 0 Å². The number of nitrogens with zero attached hydrogens (tertiary/aromatic N) is 2. The fraction of sp³-hybridized carbons (Fsp3) is 0.0909. The van der Waals surface area contributed by atoms with Gasteiger partial charge in [0.15, 0.2) is 0 Å². The van der Waals surface area contributed by atoms with E-state index < -0.39 is 5.31 Å². The van der Waals surface area contributed by atoms with Gasteiger partial charge in [-0.25, -0.2) is 0 Å². The Morgan fingerprint density at radius 3 is 2.93 bits per heavy atom. The topological polar surface area (TPSA) is 25.2 Å². The molecule has 2 nitrogen and oxygen atoms in total. The van der Waals surface area contributed by atoms with E-state index in [1.165, 1.54) is 0 Å². The third kappa shape index (κ3) is 1.67. The molecule has 0 saturated carbocycles. The smallest absolute Gasteiger partial charge is 0.0966 e. The van der Waals surface area contributed by atoms with Gasteiger partial charge in [-0.1, -0.05) is 18.2 Å². The number of aliphatic imine (C=N–C) groups is 1. The quantitative estimate of drug-likeness (QED) is 0.602. The highest BCUT2D eigenvalue weighted by Gasteiger charge is 2.21. The molecule has 0 aliphatic carbocycles. The second-order valence-electron chi connectivity index (χ2n) is 3.13. The summed E-state index contributed by atoms with van der Waals surface area (Å²) in [6, 6.07) is 5.67. The SMILES string of the molecule is [B]C1(c2ccccn2)C=CC=CN=C1. The monoisotopic (exact) mass is 180 g/mol. The third-order valence-electron chi connectivity index (χ3n) is 2.05. The summed E-state index contributed by atoms with van der Waals surface area (Å²) >= 11 is 0. The van der Waals surface area contributed by atoms with Crippen LogP contribution in [0.2, 0.25) is 0 Å². The predicted octanol–water partition coefficient (Wildman–Crippen LogP) is 1.60. The lowest BCUT2D eigenvalue weighted by Crippen LogP contribution is -2.26. The van der Waals surface area contributed by atoms with E-state index in [0.29, 0.717) is 0 Å². The maximum Gasteiger partial charge on any atom is 0.0966 e. The molecule has 0 saturated heterocycles. The number of aromatic nitrogens is 1. The van der Waals surface area contributed by atoms with Gasteiger partial charge >= 0.3 is 0 Å². The molecular weight excluding hydrogens is 171 g/mol. The molecule has 14 heavy (non-hydrogen) atoms. The zero-order valence-electron chi connectivity index (χ0n) is 7.67. The molecule has 2 rings (SSSR count). The van der Waals surface area contributed by atoms with Gasteiger partial charge in [0.05, 0.1) is 7.85 Å². The minimum atomic E-state index is -0.690. The molecule has 1 aliphatic rings. The zero-order chi connectivity index (χ0) is 9.86. The normalized spacial score (nSPS) is 24.9. The summed E-state index contributed by atoms with van der Waals surface area (Å²) in [6.07, 6.45) is 10.7. The predicted molar refractivity (Wildman–Crippen MR) is 58.4 cm³/mol. The first-order valence-corrected chi connectivity index (χ1v) is 4.40. The van der Waals surface area contributed by atoms with Gasteiger partial charge in [0.25, 0.3) is 0 Å². The molecule has 1 aromatic heterocycles. The Bertz CT molecular complexity index is 377. The molecule has 1 unspecified atom stereocenters. The minimum absolute atomic E-state index is 0.690. The highest BCUT2D eigenvalue weighted by molar-refractivity contribution is 6.27. The Labute approximate surface area is 84.5 Å². The van der Waals surface area contributed by atoms with Gasteiger partial charge in [0.2, 0.25) is 0 Å². The summed E-state index contributed by atoms with van der Waals surface area (Å²) < 4.78 is 0. The van der Waals surface area contributed by atoms with Crippen molar-refractivity contribution in [3.05, 3.63) is 54.5 Å². The van der Waals surface area contributed by atoms with Gasteiger partial charge in [-0.05, 0) is 18.2 Å². The van der Waals surface area contributed by atoms with Crippen LogP contribution in [0.15, 0.2) is 53.8 Å². The first-order valence-electron chi connectivity index (χ1n) is 4.40. The standard InChI is InChI=1S/C11H9BN2/c12-11(6-2-4-7-13-9-11)10-5-1-3-8-14-10/h1-9H. The van der Waals surface area contributed by atoms with Crippen molar-refractivity contribution >= 4 is 14.1 Å². The molecule has 0 amide bonds. The Morgan fingerprint density at radius 1 is 1.21 bits per heavy atom. The highest BCUT2D eigenvalue weighted by Crippen LogP contribution is 2.19. The highest BCUT2D eigenvalue weighted by atomic mass is 14.7. The van der Waals surface area contributed by atoms with E-state index in [2.05, 4.69) is 9.98 Å². The lowest BCUT2D eigenvalue weighted by Gasteiger charge is -2.19. The average Bonchev–Trinajstić information content (AvgIpc) is 2.46. The molecule has 0 bridgehead atoms. The molecule has 0 N–H and O–H groups in total. The Hall–Kier alpha value is -1.64. The first kappa shape index (κ1) is 8.94. The molecule has 66 valence electrons. The molecule has 3 heteroatoms. The van der Waals surface area contributed by atoms with Crippen LogP contribution < -0.4 is 0 Å². The summed E-state index contributed by atoms with van der Waals surface area (Å²) in [4.78, 5) is 8.29. The van der Waals surface area contributed by atoms with Crippen LogP contribution in [0.5, 0.6) is 0 Å². The van der Waals surface area contributed by atoms with Crippen LogP contribution in [0.1, 0.15) is 5.69 Å². The molecular formula is C11H9BN2. The van der Waals surface area contributed by atoms with Crippen molar-refractivity contribution in [2.24, 2.45) is 4.99 Å². The maximum atomic E-state index is 6.14. The second kappa shape index (κ2) is 3.62. The number of allylic oxidation sites excluding steroid dienone is 3. The maximum absolute atomic E-state index is 6.14. The van der Waals surface area contributed by atoms with E-state index in [1.54, 1.807) is 18.6 Å². The molecule has 0 spiro atoms. The minimum Gasteiger partial charge on any atom is -0.269 e. The van der Waals surface area contributed by atoms with E-state index in [0.717, 1.165) is 5.69 Å².